The summed E-state index contributed by atoms with van der Waals surface area (Å²) in [6, 6.07) is 2.44. The fraction of sp³-hybridized carbons (Fsp3) is 0.846. The van der Waals surface area contributed by atoms with E-state index in [1.54, 1.807) is 0 Å². The minimum absolute atomic E-state index is 0.0463. The quantitative estimate of drug-likeness (QED) is 0.733. The lowest BCUT2D eigenvalue weighted by Gasteiger charge is -2.43. The van der Waals surface area contributed by atoms with Gasteiger partial charge in [-0.3, -0.25) is 4.79 Å². The second kappa shape index (κ2) is 4.86. The molecule has 16 heavy (non-hydrogen) atoms. The Morgan fingerprint density at radius 3 is 2.44 bits per heavy atom. The third kappa shape index (κ3) is 2.21. The Balaban J connectivity index is 2.78. The van der Waals surface area contributed by atoms with Crippen LogP contribution >= 0.6 is 0 Å². The van der Waals surface area contributed by atoms with E-state index in [9.17, 15) is 10.1 Å². The number of hydrogen-bond acceptors (Lipinski definition) is 2. The molecule has 0 aliphatic heterocycles. The van der Waals surface area contributed by atoms with Crippen molar-refractivity contribution in [1.29, 1.82) is 5.26 Å². The molecule has 90 valence electrons. The summed E-state index contributed by atoms with van der Waals surface area (Å²) >= 11 is 0. The second-order valence-electron chi connectivity index (χ2n) is 5.30. The first-order chi connectivity index (χ1) is 7.46. The molecule has 0 unspecified atom stereocenters. The monoisotopic (exact) mass is 222 g/mol. The number of carbonyl (C=O) groups excluding carboxylic acids is 1. The molecule has 0 heterocycles. The van der Waals surface area contributed by atoms with Crippen molar-refractivity contribution in [2.45, 2.75) is 53.0 Å². The Kier molecular flexibility index (Phi) is 3.96. The van der Waals surface area contributed by atoms with E-state index in [0.717, 1.165) is 25.8 Å². The average Bonchev–Trinajstić information content (AvgIpc) is 2.19. The summed E-state index contributed by atoms with van der Waals surface area (Å²) < 4.78 is 0. The summed E-state index contributed by atoms with van der Waals surface area (Å²) in [5, 5.41) is 9.23. The van der Waals surface area contributed by atoms with Crippen molar-refractivity contribution in [3.63, 3.8) is 0 Å². The summed E-state index contributed by atoms with van der Waals surface area (Å²) in [5.74, 6) is 0.559. The molecule has 1 amide bonds. The molecule has 0 bridgehead atoms. The third-order valence-corrected chi connectivity index (χ3v) is 3.37. The van der Waals surface area contributed by atoms with Crippen molar-refractivity contribution in [2.24, 2.45) is 11.3 Å². The van der Waals surface area contributed by atoms with E-state index in [0.29, 0.717) is 5.92 Å². The molecule has 3 heteroatoms. The molecule has 3 nitrogen and oxygen atoms in total. The standard InChI is InChI=1S/C13H22N2O/c1-5-6-15(10(2)3)12(16)13(9-14)7-11(4)8-13/h10-11H,5-8H2,1-4H3. The maximum atomic E-state index is 12.4. The van der Waals surface area contributed by atoms with Crippen molar-refractivity contribution >= 4 is 5.91 Å². The molecule has 0 spiro atoms. The van der Waals surface area contributed by atoms with Crippen LogP contribution in [0.5, 0.6) is 0 Å². The summed E-state index contributed by atoms with van der Waals surface area (Å²) in [4.78, 5) is 14.2. The van der Waals surface area contributed by atoms with Gasteiger partial charge in [0.25, 0.3) is 0 Å². The molecule has 1 aliphatic carbocycles. The molecule has 0 aromatic carbocycles. The topological polar surface area (TPSA) is 44.1 Å². The molecule has 0 radical (unpaired) electrons. The van der Waals surface area contributed by atoms with Gasteiger partial charge in [0.15, 0.2) is 0 Å². The normalized spacial score (nSPS) is 28.4. The van der Waals surface area contributed by atoms with E-state index < -0.39 is 5.41 Å². The highest BCUT2D eigenvalue weighted by Crippen LogP contribution is 2.46. The number of amides is 1. The van der Waals surface area contributed by atoms with Crippen molar-refractivity contribution in [3.8, 4) is 6.07 Å². The van der Waals surface area contributed by atoms with Gasteiger partial charge >= 0.3 is 0 Å². The van der Waals surface area contributed by atoms with E-state index in [4.69, 9.17) is 0 Å². The third-order valence-electron chi connectivity index (χ3n) is 3.37. The van der Waals surface area contributed by atoms with Gasteiger partial charge in [-0.25, -0.2) is 0 Å². The van der Waals surface area contributed by atoms with Crippen LogP contribution < -0.4 is 0 Å². The second-order valence-corrected chi connectivity index (χ2v) is 5.30. The lowest BCUT2D eigenvalue weighted by Crippen LogP contribution is -2.52. The molecule has 0 aromatic rings. The maximum Gasteiger partial charge on any atom is 0.243 e. The molecule has 1 rings (SSSR count). The number of nitriles is 1. The molecule has 0 atom stereocenters. The van der Waals surface area contributed by atoms with Crippen LogP contribution in [0.25, 0.3) is 0 Å². The summed E-state index contributed by atoms with van der Waals surface area (Å²) in [7, 11) is 0. The minimum Gasteiger partial charge on any atom is -0.339 e. The van der Waals surface area contributed by atoms with Crippen LogP contribution in [0.15, 0.2) is 0 Å². The summed E-state index contributed by atoms with van der Waals surface area (Å²) in [6.07, 6.45) is 2.41. The largest absolute Gasteiger partial charge is 0.339 e. The molecular weight excluding hydrogens is 200 g/mol. The van der Waals surface area contributed by atoms with Gasteiger partial charge in [-0.05, 0) is 39.0 Å². The average molecular weight is 222 g/mol. The highest BCUT2D eigenvalue weighted by Gasteiger charge is 2.50. The molecule has 0 N–H and O–H groups in total. The molecule has 1 aliphatic rings. The van der Waals surface area contributed by atoms with Crippen LogP contribution in [0, 0.1) is 22.7 Å². The zero-order valence-corrected chi connectivity index (χ0v) is 10.8. The van der Waals surface area contributed by atoms with Gasteiger partial charge in [-0.2, -0.15) is 5.26 Å². The lowest BCUT2D eigenvalue weighted by molar-refractivity contribution is -0.147. The Morgan fingerprint density at radius 2 is 2.12 bits per heavy atom. The van der Waals surface area contributed by atoms with E-state index >= 15 is 0 Å². The van der Waals surface area contributed by atoms with Gasteiger partial charge < -0.3 is 4.90 Å². The molecule has 1 saturated carbocycles. The lowest BCUT2D eigenvalue weighted by atomic mass is 9.62. The van der Waals surface area contributed by atoms with Crippen LogP contribution in [0.2, 0.25) is 0 Å². The van der Waals surface area contributed by atoms with Gasteiger partial charge in [0.05, 0.1) is 6.07 Å². The smallest absolute Gasteiger partial charge is 0.243 e. The number of nitrogens with zero attached hydrogens (tertiary/aromatic N) is 2. The van der Waals surface area contributed by atoms with Crippen LogP contribution in [0.1, 0.15) is 47.0 Å². The highest BCUT2D eigenvalue weighted by atomic mass is 16.2. The van der Waals surface area contributed by atoms with Crippen molar-refractivity contribution < 1.29 is 4.79 Å². The Bertz CT molecular complexity index is 298. The predicted octanol–water partition coefficient (Wildman–Crippen LogP) is 2.57. The van der Waals surface area contributed by atoms with Crippen molar-refractivity contribution in [2.75, 3.05) is 6.54 Å². The molecule has 0 saturated heterocycles. The van der Waals surface area contributed by atoms with Crippen molar-refractivity contribution in [1.82, 2.24) is 4.90 Å². The highest BCUT2D eigenvalue weighted by molar-refractivity contribution is 5.86. The summed E-state index contributed by atoms with van der Waals surface area (Å²) in [6.45, 7) is 8.95. The Labute approximate surface area is 98.4 Å². The Hall–Kier alpha value is -1.04. The van der Waals surface area contributed by atoms with Crippen LogP contribution in [0.3, 0.4) is 0 Å². The molecule has 1 fully saturated rings. The van der Waals surface area contributed by atoms with Gasteiger partial charge in [0, 0.05) is 12.6 Å². The van der Waals surface area contributed by atoms with Gasteiger partial charge in [0.1, 0.15) is 5.41 Å². The first-order valence-corrected chi connectivity index (χ1v) is 6.19. The number of hydrogen-bond donors (Lipinski definition) is 0. The first kappa shape index (κ1) is 13.0. The van der Waals surface area contributed by atoms with Gasteiger partial charge in [-0.15, -0.1) is 0 Å². The van der Waals surface area contributed by atoms with E-state index in [2.05, 4.69) is 19.9 Å². The number of carbonyl (C=O) groups is 1. The van der Waals surface area contributed by atoms with Crippen LogP contribution in [-0.4, -0.2) is 23.4 Å². The van der Waals surface area contributed by atoms with E-state index in [1.165, 1.54) is 0 Å². The predicted molar refractivity (Wildman–Crippen MR) is 63.6 cm³/mol. The van der Waals surface area contributed by atoms with Crippen LogP contribution in [0.4, 0.5) is 0 Å². The van der Waals surface area contributed by atoms with E-state index in [1.807, 2.05) is 18.7 Å². The zero-order chi connectivity index (χ0) is 12.3. The summed E-state index contributed by atoms with van der Waals surface area (Å²) in [5.41, 5.74) is -0.709. The zero-order valence-electron chi connectivity index (χ0n) is 10.8. The fourth-order valence-electron chi connectivity index (χ4n) is 2.55. The SMILES string of the molecule is CCCN(C(=O)C1(C#N)CC(C)C1)C(C)C. The van der Waals surface area contributed by atoms with E-state index in [-0.39, 0.29) is 11.9 Å². The first-order valence-electron chi connectivity index (χ1n) is 6.19. The van der Waals surface area contributed by atoms with Gasteiger partial charge in [0.2, 0.25) is 5.91 Å². The van der Waals surface area contributed by atoms with Crippen molar-refractivity contribution in [3.05, 3.63) is 0 Å². The molecule has 0 aromatic heterocycles. The maximum absolute atomic E-state index is 12.4. The van der Waals surface area contributed by atoms with Crippen LogP contribution in [-0.2, 0) is 4.79 Å². The fourth-order valence-corrected chi connectivity index (χ4v) is 2.55. The Morgan fingerprint density at radius 1 is 1.56 bits per heavy atom. The minimum atomic E-state index is -0.709. The molecular formula is C13H22N2O. The van der Waals surface area contributed by atoms with Gasteiger partial charge in [-0.1, -0.05) is 13.8 Å². The number of rotatable bonds is 4.